The molecular formula is C23H19F3N2O4S. The second-order valence-corrected chi connectivity index (χ2v) is 8.71. The van der Waals surface area contributed by atoms with E-state index in [0.29, 0.717) is 11.3 Å². The van der Waals surface area contributed by atoms with Crippen LogP contribution in [0.3, 0.4) is 0 Å². The van der Waals surface area contributed by atoms with E-state index in [2.05, 4.69) is 21.9 Å². The van der Waals surface area contributed by atoms with Crippen LogP contribution in [0.25, 0.3) is 0 Å². The van der Waals surface area contributed by atoms with Gasteiger partial charge >= 0.3 is 6.18 Å². The van der Waals surface area contributed by atoms with Crippen molar-refractivity contribution in [3.63, 3.8) is 0 Å². The molecule has 0 aliphatic carbocycles. The molecule has 33 heavy (non-hydrogen) atoms. The second kappa shape index (κ2) is 9.94. The minimum absolute atomic E-state index is 0.0458. The summed E-state index contributed by atoms with van der Waals surface area (Å²) < 4.78 is 70.9. The van der Waals surface area contributed by atoms with Crippen LogP contribution < -0.4 is 10.0 Å². The summed E-state index contributed by atoms with van der Waals surface area (Å²) >= 11 is 0. The van der Waals surface area contributed by atoms with Gasteiger partial charge in [0.05, 0.1) is 29.8 Å². The number of carbonyl (C=O) groups excluding carboxylic acids is 1. The van der Waals surface area contributed by atoms with Gasteiger partial charge in [-0.3, -0.25) is 4.79 Å². The Morgan fingerprint density at radius 2 is 1.88 bits per heavy atom. The molecule has 10 heteroatoms. The monoisotopic (exact) mass is 476 g/mol. The highest BCUT2D eigenvalue weighted by Crippen LogP contribution is 2.29. The van der Waals surface area contributed by atoms with E-state index in [1.807, 2.05) is 0 Å². The van der Waals surface area contributed by atoms with Crippen LogP contribution in [-0.2, 0) is 22.7 Å². The van der Waals surface area contributed by atoms with Crippen LogP contribution in [-0.4, -0.2) is 20.9 Å². The van der Waals surface area contributed by atoms with E-state index in [1.165, 1.54) is 36.6 Å². The zero-order chi connectivity index (χ0) is 24.1. The zero-order valence-corrected chi connectivity index (χ0v) is 18.2. The lowest BCUT2D eigenvalue weighted by Crippen LogP contribution is -2.26. The van der Waals surface area contributed by atoms with Gasteiger partial charge in [-0.2, -0.15) is 13.2 Å². The number of rotatable bonds is 6. The van der Waals surface area contributed by atoms with Crippen LogP contribution in [0.2, 0.25) is 0 Å². The fourth-order valence-corrected chi connectivity index (χ4v) is 3.83. The van der Waals surface area contributed by atoms with Crippen molar-refractivity contribution in [1.29, 1.82) is 0 Å². The lowest BCUT2D eigenvalue weighted by atomic mass is 10.1. The van der Waals surface area contributed by atoms with Crippen molar-refractivity contribution in [2.75, 3.05) is 6.54 Å². The molecule has 0 unspecified atom stereocenters. The molecule has 6 nitrogen and oxygen atoms in total. The predicted octanol–water partition coefficient (Wildman–Crippen LogP) is 3.87. The van der Waals surface area contributed by atoms with E-state index < -0.39 is 27.7 Å². The number of carbonyl (C=O) groups is 1. The van der Waals surface area contributed by atoms with E-state index in [9.17, 15) is 26.4 Å². The molecule has 0 saturated carbocycles. The summed E-state index contributed by atoms with van der Waals surface area (Å²) in [5.41, 5.74) is 0.0266. The Morgan fingerprint density at radius 3 is 2.58 bits per heavy atom. The molecule has 0 spiro atoms. The molecule has 1 amide bonds. The van der Waals surface area contributed by atoms with Gasteiger partial charge in [0.15, 0.2) is 0 Å². The maximum Gasteiger partial charge on any atom is 0.416 e. The Balaban J connectivity index is 1.67. The van der Waals surface area contributed by atoms with E-state index in [-0.39, 0.29) is 29.1 Å². The first-order valence-corrected chi connectivity index (χ1v) is 11.1. The number of alkyl halides is 3. The van der Waals surface area contributed by atoms with Crippen molar-refractivity contribution in [1.82, 2.24) is 10.0 Å². The molecule has 0 bridgehead atoms. The number of benzene rings is 2. The van der Waals surface area contributed by atoms with Crippen LogP contribution in [0.15, 0.2) is 70.2 Å². The van der Waals surface area contributed by atoms with Crippen molar-refractivity contribution in [3.05, 3.63) is 88.9 Å². The van der Waals surface area contributed by atoms with E-state index in [1.54, 1.807) is 19.1 Å². The molecule has 2 N–H and O–H groups in total. The van der Waals surface area contributed by atoms with Crippen LogP contribution in [0.1, 0.15) is 32.8 Å². The van der Waals surface area contributed by atoms with Crippen molar-refractivity contribution in [2.45, 2.75) is 24.5 Å². The van der Waals surface area contributed by atoms with Crippen LogP contribution in [0, 0.1) is 18.8 Å². The topological polar surface area (TPSA) is 88.4 Å². The third-order valence-corrected chi connectivity index (χ3v) is 5.94. The molecule has 0 aliphatic rings. The predicted molar refractivity (Wildman–Crippen MR) is 115 cm³/mol. The number of halogens is 3. The van der Waals surface area contributed by atoms with Gasteiger partial charge in [-0.1, -0.05) is 24.0 Å². The molecule has 172 valence electrons. The fourth-order valence-electron chi connectivity index (χ4n) is 2.81. The highest BCUT2D eigenvalue weighted by atomic mass is 32.2. The van der Waals surface area contributed by atoms with Gasteiger partial charge in [-0.05, 0) is 55.0 Å². The standard InChI is InChI=1S/C23H19F3N2O4S/c1-16-9-10-20(33(30,31)28-15-19-8-4-12-32-19)14-21(16)22(29)27-11-3-6-17-5-2-7-18(13-17)23(24,25)26/h2,4-5,7-10,12-14,28H,11,15H2,1H3,(H,27,29). The van der Waals surface area contributed by atoms with Crippen LogP contribution in [0.4, 0.5) is 13.2 Å². The molecule has 0 aliphatic heterocycles. The van der Waals surface area contributed by atoms with Crippen LogP contribution >= 0.6 is 0 Å². The number of sulfonamides is 1. The Morgan fingerprint density at radius 1 is 1.09 bits per heavy atom. The maximum atomic E-state index is 12.8. The lowest BCUT2D eigenvalue weighted by molar-refractivity contribution is -0.137. The van der Waals surface area contributed by atoms with Gasteiger partial charge in [0.2, 0.25) is 10.0 Å². The first kappa shape index (κ1) is 24.1. The van der Waals surface area contributed by atoms with Crippen LogP contribution in [0.5, 0.6) is 0 Å². The molecule has 0 saturated heterocycles. The average molecular weight is 476 g/mol. The smallest absolute Gasteiger partial charge is 0.416 e. The number of amides is 1. The van der Waals surface area contributed by atoms with E-state index >= 15 is 0 Å². The zero-order valence-electron chi connectivity index (χ0n) is 17.4. The minimum atomic E-state index is -4.47. The lowest BCUT2D eigenvalue weighted by Gasteiger charge is -2.10. The highest BCUT2D eigenvalue weighted by Gasteiger charge is 2.30. The Hall–Kier alpha value is -3.55. The molecular weight excluding hydrogens is 457 g/mol. The summed E-state index contributed by atoms with van der Waals surface area (Å²) in [4.78, 5) is 12.4. The van der Waals surface area contributed by atoms with Crippen molar-refractivity contribution < 1.29 is 30.8 Å². The minimum Gasteiger partial charge on any atom is -0.468 e. The van der Waals surface area contributed by atoms with Crippen molar-refractivity contribution >= 4 is 15.9 Å². The summed E-state index contributed by atoms with van der Waals surface area (Å²) in [6.45, 7) is 1.47. The third kappa shape index (κ3) is 6.47. The molecule has 1 heterocycles. The summed E-state index contributed by atoms with van der Waals surface area (Å²) in [7, 11) is -3.90. The first-order valence-electron chi connectivity index (χ1n) is 9.63. The Labute approximate surface area is 188 Å². The number of aryl methyl sites for hydroxylation is 1. The average Bonchev–Trinajstić information content (AvgIpc) is 3.29. The summed E-state index contributed by atoms with van der Waals surface area (Å²) in [6.07, 6.45) is -3.05. The van der Waals surface area contributed by atoms with Gasteiger partial charge in [0, 0.05) is 11.1 Å². The molecule has 1 aromatic heterocycles. The molecule has 0 atom stereocenters. The SMILES string of the molecule is Cc1ccc(S(=O)(=O)NCc2ccco2)cc1C(=O)NCC#Cc1cccc(C(F)(F)F)c1. The Kier molecular flexibility index (Phi) is 7.26. The summed E-state index contributed by atoms with van der Waals surface area (Å²) in [5.74, 6) is 5.03. The third-order valence-electron chi connectivity index (χ3n) is 4.54. The normalized spacial score (nSPS) is 11.5. The van der Waals surface area contributed by atoms with Crippen molar-refractivity contribution in [3.8, 4) is 11.8 Å². The summed E-state index contributed by atoms with van der Waals surface area (Å²) in [5, 5.41) is 2.52. The van der Waals surface area contributed by atoms with Gasteiger partial charge < -0.3 is 9.73 Å². The molecule has 0 fully saturated rings. The second-order valence-electron chi connectivity index (χ2n) is 6.94. The largest absolute Gasteiger partial charge is 0.468 e. The molecule has 2 aromatic carbocycles. The van der Waals surface area contributed by atoms with Gasteiger partial charge in [-0.15, -0.1) is 0 Å². The fraction of sp³-hybridized carbons (Fsp3) is 0.174. The van der Waals surface area contributed by atoms with Gasteiger partial charge in [0.1, 0.15) is 5.76 Å². The quantitative estimate of drug-likeness (QED) is 0.529. The highest BCUT2D eigenvalue weighted by molar-refractivity contribution is 7.89. The molecule has 3 rings (SSSR count). The molecule has 0 radical (unpaired) electrons. The van der Waals surface area contributed by atoms with Crippen molar-refractivity contribution in [2.24, 2.45) is 0 Å². The van der Waals surface area contributed by atoms with E-state index in [0.717, 1.165) is 12.1 Å². The van der Waals surface area contributed by atoms with Gasteiger partial charge in [-0.25, -0.2) is 13.1 Å². The molecule has 3 aromatic rings. The number of nitrogens with one attached hydrogen (secondary N) is 2. The van der Waals surface area contributed by atoms with E-state index in [4.69, 9.17) is 4.42 Å². The van der Waals surface area contributed by atoms with Gasteiger partial charge in [0.25, 0.3) is 5.91 Å². The first-order chi connectivity index (χ1) is 15.6. The Bertz CT molecular complexity index is 1310. The maximum absolute atomic E-state index is 12.8. The summed E-state index contributed by atoms with van der Waals surface area (Å²) in [6, 6.07) is 11.9. The number of hydrogen-bond donors (Lipinski definition) is 2. The number of furan rings is 1. The number of hydrogen-bond acceptors (Lipinski definition) is 4.